The molecule has 0 fully saturated rings. The third-order valence-electron chi connectivity index (χ3n) is 2.14. The highest BCUT2D eigenvalue weighted by Crippen LogP contribution is 2.31. The summed E-state index contributed by atoms with van der Waals surface area (Å²) in [5.41, 5.74) is -0.821. The van der Waals surface area contributed by atoms with Gasteiger partial charge in [-0.1, -0.05) is 0 Å². The lowest BCUT2D eigenvalue weighted by atomic mass is 10.2. The standard InChI is InChI=1S/C9H9F3N6/c1-13-2-5-3-14-8(6-4-15-18-17-6)16-7(5)9(10,11)12/h3-4,13H,2H2,1H3,(H,15,17,18). The molecule has 0 aliphatic heterocycles. The fourth-order valence-electron chi connectivity index (χ4n) is 1.40. The number of rotatable bonds is 3. The average molecular weight is 258 g/mol. The van der Waals surface area contributed by atoms with E-state index in [0.717, 1.165) is 6.20 Å². The highest BCUT2D eigenvalue weighted by atomic mass is 19.4. The van der Waals surface area contributed by atoms with Gasteiger partial charge >= 0.3 is 6.18 Å². The minimum absolute atomic E-state index is 0.0164. The lowest BCUT2D eigenvalue weighted by Crippen LogP contribution is -2.17. The molecule has 0 aliphatic carbocycles. The Kier molecular flexibility index (Phi) is 3.24. The number of nitrogens with zero attached hydrogens (tertiary/aromatic N) is 4. The van der Waals surface area contributed by atoms with E-state index >= 15 is 0 Å². The smallest absolute Gasteiger partial charge is 0.316 e. The van der Waals surface area contributed by atoms with Crippen molar-refractivity contribution in [3.05, 3.63) is 23.7 Å². The predicted molar refractivity (Wildman–Crippen MR) is 55.2 cm³/mol. The van der Waals surface area contributed by atoms with Crippen LogP contribution in [0.15, 0.2) is 12.4 Å². The molecule has 2 heterocycles. The zero-order valence-electron chi connectivity index (χ0n) is 9.28. The Morgan fingerprint density at radius 2 is 2.11 bits per heavy atom. The fourth-order valence-corrected chi connectivity index (χ4v) is 1.40. The largest absolute Gasteiger partial charge is 0.433 e. The summed E-state index contributed by atoms with van der Waals surface area (Å²) in [4.78, 5) is 7.35. The summed E-state index contributed by atoms with van der Waals surface area (Å²) < 4.78 is 38.5. The van der Waals surface area contributed by atoms with Crippen LogP contribution < -0.4 is 5.32 Å². The highest BCUT2D eigenvalue weighted by Gasteiger charge is 2.36. The Hall–Kier alpha value is -2.03. The zero-order valence-corrected chi connectivity index (χ0v) is 9.28. The van der Waals surface area contributed by atoms with E-state index < -0.39 is 11.9 Å². The van der Waals surface area contributed by atoms with Crippen molar-refractivity contribution < 1.29 is 13.2 Å². The van der Waals surface area contributed by atoms with Crippen LogP contribution in [0.3, 0.4) is 0 Å². The molecule has 6 nitrogen and oxygen atoms in total. The number of alkyl halides is 3. The molecule has 0 radical (unpaired) electrons. The van der Waals surface area contributed by atoms with E-state index in [9.17, 15) is 13.2 Å². The van der Waals surface area contributed by atoms with Crippen LogP contribution in [0.5, 0.6) is 0 Å². The summed E-state index contributed by atoms with van der Waals surface area (Å²) >= 11 is 0. The predicted octanol–water partition coefficient (Wildman–Crippen LogP) is 1.000. The maximum atomic E-state index is 12.8. The molecule has 2 aromatic rings. The van der Waals surface area contributed by atoms with Crippen molar-refractivity contribution in [1.82, 2.24) is 30.7 Å². The molecule has 0 bridgehead atoms. The van der Waals surface area contributed by atoms with Gasteiger partial charge in [-0.25, -0.2) is 9.97 Å². The average Bonchev–Trinajstić information content (AvgIpc) is 2.82. The summed E-state index contributed by atoms with van der Waals surface area (Å²) in [5.74, 6) is -0.115. The maximum Gasteiger partial charge on any atom is 0.433 e. The van der Waals surface area contributed by atoms with Crippen molar-refractivity contribution in [3.63, 3.8) is 0 Å². The van der Waals surface area contributed by atoms with E-state index in [2.05, 4.69) is 30.7 Å². The summed E-state index contributed by atoms with van der Waals surface area (Å²) in [6.45, 7) is 0.0357. The lowest BCUT2D eigenvalue weighted by molar-refractivity contribution is -0.141. The van der Waals surface area contributed by atoms with Gasteiger partial charge in [-0.2, -0.15) is 28.6 Å². The molecular formula is C9H9F3N6. The summed E-state index contributed by atoms with van der Waals surface area (Å²) in [6.07, 6.45) is -2.14. The normalized spacial score (nSPS) is 11.8. The van der Waals surface area contributed by atoms with Gasteiger partial charge in [0.05, 0.1) is 6.20 Å². The third kappa shape index (κ3) is 2.45. The van der Waals surface area contributed by atoms with E-state index in [1.165, 1.54) is 6.20 Å². The number of hydrogen-bond donors (Lipinski definition) is 2. The second-order valence-electron chi connectivity index (χ2n) is 3.45. The Bertz CT molecular complexity index is 522. The van der Waals surface area contributed by atoms with Crippen LogP contribution in [0.4, 0.5) is 13.2 Å². The molecule has 0 atom stereocenters. The van der Waals surface area contributed by atoms with Crippen LogP contribution in [0.25, 0.3) is 11.5 Å². The van der Waals surface area contributed by atoms with Crippen molar-refractivity contribution in [2.24, 2.45) is 0 Å². The molecule has 2 N–H and O–H groups in total. The molecule has 0 saturated heterocycles. The Morgan fingerprint density at radius 1 is 1.33 bits per heavy atom. The second kappa shape index (κ2) is 4.69. The van der Waals surface area contributed by atoms with Gasteiger partial charge < -0.3 is 5.32 Å². The van der Waals surface area contributed by atoms with Gasteiger partial charge in [-0.05, 0) is 7.05 Å². The van der Waals surface area contributed by atoms with Crippen molar-refractivity contribution in [3.8, 4) is 11.5 Å². The van der Waals surface area contributed by atoms with Crippen molar-refractivity contribution in [1.29, 1.82) is 0 Å². The minimum Gasteiger partial charge on any atom is -0.316 e. The van der Waals surface area contributed by atoms with Crippen LogP contribution >= 0.6 is 0 Å². The van der Waals surface area contributed by atoms with E-state index in [-0.39, 0.29) is 23.6 Å². The lowest BCUT2D eigenvalue weighted by Gasteiger charge is -2.11. The van der Waals surface area contributed by atoms with Crippen LogP contribution in [-0.2, 0) is 12.7 Å². The first-order valence-electron chi connectivity index (χ1n) is 4.96. The number of nitrogens with one attached hydrogen (secondary N) is 2. The van der Waals surface area contributed by atoms with Crippen LogP contribution in [0.2, 0.25) is 0 Å². The van der Waals surface area contributed by atoms with Gasteiger partial charge in [-0.3, -0.25) is 0 Å². The van der Waals surface area contributed by atoms with Crippen molar-refractivity contribution >= 4 is 0 Å². The maximum absolute atomic E-state index is 12.8. The topological polar surface area (TPSA) is 79.4 Å². The van der Waals surface area contributed by atoms with Gasteiger partial charge in [0.1, 0.15) is 5.69 Å². The van der Waals surface area contributed by atoms with Gasteiger partial charge in [0, 0.05) is 18.3 Å². The molecule has 18 heavy (non-hydrogen) atoms. The first-order chi connectivity index (χ1) is 8.52. The summed E-state index contributed by atoms with van der Waals surface area (Å²) in [7, 11) is 1.55. The van der Waals surface area contributed by atoms with Crippen molar-refractivity contribution in [2.75, 3.05) is 7.05 Å². The van der Waals surface area contributed by atoms with Gasteiger partial charge in [0.25, 0.3) is 0 Å². The summed E-state index contributed by atoms with van der Waals surface area (Å²) in [5, 5.41) is 12.1. The molecule has 0 spiro atoms. The SMILES string of the molecule is CNCc1cnc(-c2cn[nH]n2)nc1C(F)(F)F. The number of halogens is 3. The zero-order chi connectivity index (χ0) is 13.2. The van der Waals surface area contributed by atoms with E-state index in [1.54, 1.807) is 7.05 Å². The molecule has 96 valence electrons. The Labute approximate surface area is 99.7 Å². The summed E-state index contributed by atoms with van der Waals surface area (Å²) in [6, 6.07) is 0. The van der Waals surface area contributed by atoms with E-state index in [4.69, 9.17) is 0 Å². The molecule has 0 aromatic carbocycles. The molecular weight excluding hydrogens is 249 g/mol. The molecule has 2 rings (SSSR count). The molecule has 0 saturated carbocycles. The minimum atomic E-state index is -4.53. The van der Waals surface area contributed by atoms with Gasteiger partial charge in [-0.15, -0.1) is 0 Å². The molecule has 2 aromatic heterocycles. The molecule has 9 heteroatoms. The van der Waals surface area contributed by atoms with Crippen LogP contribution in [0.1, 0.15) is 11.3 Å². The molecule has 0 amide bonds. The number of aromatic amines is 1. The first kappa shape index (κ1) is 12.4. The molecule has 0 unspecified atom stereocenters. The number of H-pyrrole nitrogens is 1. The van der Waals surface area contributed by atoms with Crippen LogP contribution in [-0.4, -0.2) is 32.4 Å². The highest BCUT2D eigenvalue weighted by molar-refractivity contribution is 5.47. The van der Waals surface area contributed by atoms with Crippen molar-refractivity contribution in [2.45, 2.75) is 12.7 Å². The first-order valence-corrected chi connectivity index (χ1v) is 4.96. The number of hydrogen-bond acceptors (Lipinski definition) is 5. The number of aromatic nitrogens is 5. The van der Waals surface area contributed by atoms with E-state index in [0.29, 0.717) is 0 Å². The Balaban J connectivity index is 2.49. The van der Waals surface area contributed by atoms with E-state index in [1.807, 2.05) is 0 Å². The van der Waals surface area contributed by atoms with Gasteiger partial charge in [0.2, 0.25) is 0 Å². The fraction of sp³-hybridized carbons (Fsp3) is 0.333. The Morgan fingerprint density at radius 3 is 2.67 bits per heavy atom. The second-order valence-corrected chi connectivity index (χ2v) is 3.45. The third-order valence-corrected chi connectivity index (χ3v) is 2.14. The van der Waals surface area contributed by atoms with Gasteiger partial charge in [0.15, 0.2) is 11.5 Å². The monoisotopic (exact) mass is 258 g/mol. The van der Waals surface area contributed by atoms with Crippen LogP contribution in [0, 0.1) is 0 Å². The quantitative estimate of drug-likeness (QED) is 0.858. The molecule has 0 aliphatic rings.